The maximum absolute atomic E-state index is 12.0. The van der Waals surface area contributed by atoms with Crippen molar-refractivity contribution in [2.75, 3.05) is 31.1 Å². The summed E-state index contributed by atoms with van der Waals surface area (Å²) in [5, 5.41) is 6.04. The van der Waals surface area contributed by atoms with Crippen LogP contribution < -0.4 is 15.5 Å². The fourth-order valence-corrected chi connectivity index (χ4v) is 3.41. The average molecular weight is 332 g/mol. The summed E-state index contributed by atoms with van der Waals surface area (Å²) in [5.74, 6) is 1.04. The second kappa shape index (κ2) is 8.33. The van der Waals surface area contributed by atoms with Gasteiger partial charge in [0.25, 0.3) is 0 Å². The van der Waals surface area contributed by atoms with Crippen molar-refractivity contribution >= 4 is 11.8 Å². The molecule has 0 saturated carbocycles. The number of carbonyl (C=O) groups excluding carboxylic acids is 1. The number of nitrogens with zero attached hydrogens (tertiary/aromatic N) is 2. The van der Waals surface area contributed by atoms with Gasteiger partial charge in [0.15, 0.2) is 0 Å². The number of urea groups is 1. The number of piperidine rings is 1. The van der Waals surface area contributed by atoms with E-state index in [9.17, 15) is 4.79 Å². The third kappa shape index (κ3) is 4.84. The fourth-order valence-electron chi connectivity index (χ4n) is 3.41. The Morgan fingerprint density at radius 2 is 2.17 bits per heavy atom. The molecule has 6 heteroatoms. The Morgan fingerprint density at radius 3 is 2.88 bits per heavy atom. The van der Waals surface area contributed by atoms with Crippen molar-refractivity contribution in [1.82, 2.24) is 15.6 Å². The van der Waals surface area contributed by atoms with Crippen molar-refractivity contribution < 1.29 is 9.53 Å². The minimum atomic E-state index is -0.0554. The SMILES string of the molecule is Cc1cccc(N2CCC(NC(=O)NCC[C@H]3CCCO3)CC2)n1. The summed E-state index contributed by atoms with van der Waals surface area (Å²) in [5.41, 5.74) is 1.04. The minimum absolute atomic E-state index is 0.0554. The second-order valence-corrected chi connectivity index (χ2v) is 6.72. The van der Waals surface area contributed by atoms with Crippen molar-refractivity contribution in [2.24, 2.45) is 0 Å². The van der Waals surface area contributed by atoms with Gasteiger partial charge in [-0.25, -0.2) is 9.78 Å². The standard InChI is InChI=1S/C18H28N4O2/c1-14-4-2-6-17(20-14)22-11-8-15(9-12-22)21-18(23)19-10-7-16-5-3-13-24-16/h2,4,6,15-16H,3,5,7-13H2,1H3,(H2,19,21,23)/t16-/m1/s1. The molecular weight excluding hydrogens is 304 g/mol. The highest BCUT2D eigenvalue weighted by molar-refractivity contribution is 5.74. The number of hydrogen-bond acceptors (Lipinski definition) is 4. The molecule has 0 aromatic carbocycles. The molecule has 24 heavy (non-hydrogen) atoms. The van der Waals surface area contributed by atoms with Crippen LogP contribution in [0, 0.1) is 6.92 Å². The molecule has 2 fully saturated rings. The predicted octanol–water partition coefficient (Wildman–Crippen LogP) is 2.23. The highest BCUT2D eigenvalue weighted by atomic mass is 16.5. The van der Waals surface area contributed by atoms with Crippen molar-refractivity contribution in [3.8, 4) is 0 Å². The molecule has 6 nitrogen and oxygen atoms in total. The van der Waals surface area contributed by atoms with Crippen LogP contribution in [0.25, 0.3) is 0 Å². The van der Waals surface area contributed by atoms with Gasteiger partial charge in [-0.15, -0.1) is 0 Å². The zero-order chi connectivity index (χ0) is 16.8. The summed E-state index contributed by atoms with van der Waals surface area (Å²) < 4.78 is 5.56. The third-order valence-corrected chi connectivity index (χ3v) is 4.80. The average Bonchev–Trinajstić information content (AvgIpc) is 3.09. The van der Waals surface area contributed by atoms with Gasteiger partial charge >= 0.3 is 6.03 Å². The van der Waals surface area contributed by atoms with E-state index in [4.69, 9.17) is 4.74 Å². The van der Waals surface area contributed by atoms with E-state index in [0.717, 1.165) is 63.3 Å². The van der Waals surface area contributed by atoms with Gasteiger partial charge < -0.3 is 20.3 Å². The van der Waals surface area contributed by atoms with Crippen LogP contribution in [0.4, 0.5) is 10.6 Å². The van der Waals surface area contributed by atoms with E-state index in [1.54, 1.807) is 0 Å². The molecule has 3 rings (SSSR count). The molecule has 0 unspecified atom stereocenters. The Hall–Kier alpha value is -1.82. The number of nitrogens with one attached hydrogen (secondary N) is 2. The quantitative estimate of drug-likeness (QED) is 0.868. The van der Waals surface area contributed by atoms with E-state index in [-0.39, 0.29) is 12.1 Å². The summed E-state index contributed by atoms with van der Waals surface area (Å²) in [4.78, 5) is 18.9. The number of ether oxygens (including phenoxy) is 1. The first-order valence-corrected chi connectivity index (χ1v) is 9.05. The van der Waals surface area contributed by atoms with Crippen LogP contribution >= 0.6 is 0 Å². The Kier molecular flexibility index (Phi) is 5.91. The van der Waals surface area contributed by atoms with Gasteiger partial charge in [0.1, 0.15) is 5.82 Å². The first-order valence-electron chi connectivity index (χ1n) is 9.05. The maximum atomic E-state index is 12.0. The fraction of sp³-hybridized carbons (Fsp3) is 0.667. The summed E-state index contributed by atoms with van der Waals surface area (Å²) in [6.07, 6.45) is 5.41. The lowest BCUT2D eigenvalue weighted by Crippen LogP contribution is -2.48. The molecule has 2 aliphatic heterocycles. The van der Waals surface area contributed by atoms with Crippen LogP contribution in [-0.4, -0.2) is 49.4 Å². The Bertz CT molecular complexity index is 538. The van der Waals surface area contributed by atoms with Gasteiger partial charge in [-0.05, 0) is 51.2 Å². The first-order chi connectivity index (χ1) is 11.7. The summed E-state index contributed by atoms with van der Waals surface area (Å²) in [6, 6.07) is 6.30. The zero-order valence-electron chi connectivity index (χ0n) is 14.5. The highest BCUT2D eigenvalue weighted by Crippen LogP contribution is 2.18. The summed E-state index contributed by atoms with van der Waals surface area (Å²) in [6.45, 7) is 5.42. The van der Waals surface area contributed by atoms with E-state index in [0.29, 0.717) is 12.6 Å². The summed E-state index contributed by atoms with van der Waals surface area (Å²) in [7, 11) is 0. The van der Waals surface area contributed by atoms with Gasteiger partial charge in [-0.3, -0.25) is 0 Å². The number of aromatic nitrogens is 1. The highest BCUT2D eigenvalue weighted by Gasteiger charge is 2.21. The first kappa shape index (κ1) is 17.0. The molecular formula is C18H28N4O2. The molecule has 0 bridgehead atoms. The number of hydrogen-bond donors (Lipinski definition) is 2. The molecule has 0 spiro atoms. The largest absolute Gasteiger partial charge is 0.378 e. The van der Waals surface area contributed by atoms with Crippen molar-refractivity contribution in [3.05, 3.63) is 23.9 Å². The molecule has 1 aromatic rings. The van der Waals surface area contributed by atoms with Crippen LogP contribution in [0.1, 0.15) is 37.8 Å². The van der Waals surface area contributed by atoms with Gasteiger partial charge in [0, 0.05) is 38.0 Å². The number of anilines is 1. The summed E-state index contributed by atoms with van der Waals surface area (Å²) >= 11 is 0. The van der Waals surface area contributed by atoms with E-state index in [2.05, 4.69) is 26.6 Å². The topological polar surface area (TPSA) is 66.5 Å². The van der Waals surface area contributed by atoms with Crippen LogP contribution in [0.3, 0.4) is 0 Å². The van der Waals surface area contributed by atoms with E-state index in [1.165, 1.54) is 0 Å². The molecule has 0 aliphatic carbocycles. The number of pyridine rings is 1. The lowest BCUT2D eigenvalue weighted by molar-refractivity contribution is 0.104. The molecule has 1 aromatic heterocycles. The minimum Gasteiger partial charge on any atom is -0.378 e. The van der Waals surface area contributed by atoms with Gasteiger partial charge in [-0.1, -0.05) is 6.07 Å². The van der Waals surface area contributed by atoms with Gasteiger partial charge in [0.05, 0.1) is 6.10 Å². The van der Waals surface area contributed by atoms with Crippen LogP contribution in [0.2, 0.25) is 0 Å². The molecule has 1 atom stereocenters. The van der Waals surface area contributed by atoms with Crippen molar-refractivity contribution in [3.63, 3.8) is 0 Å². The van der Waals surface area contributed by atoms with Crippen molar-refractivity contribution in [1.29, 1.82) is 0 Å². The van der Waals surface area contributed by atoms with Gasteiger partial charge in [0.2, 0.25) is 0 Å². The van der Waals surface area contributed by atoms with E-state index in [1.807, 2.05) is 19.1 Å². The molecule has 132 valence electrons. The van der Waals surface area contributed by atoms with E-state index < -0.39 is 0 Å². The van der Waals surface area contributed by atoms with Gasteiger partial charge in [-0.2, -0.15) is 0 Å². The van der Waals surface area contributed by atoms with Crippen LogP contribution in [0.5, 0.6) is 0 Å². The maximum Gasteiger partial charge on any atom is 0.315 e. The number of amides is 2. The van der Waals surface area contributed by atoms with Crippen LogP contribution in [0.15, 0.2) is 18.2 Å². The zero-order valence-corrected chi connectivity index (χ0v) is 14.5. The number of carbonyl (C=O) groups is 1. The molecule has 2 amide bonds. The smallest absolute Gasteiger partial charge is 0.315 e. The Labute approximate surface area is 144 Å². The third-order valence-electron chi connectivity index (χ3n) is 4.80. The molecule has 0 radical (unpaired) electrons. The second-order valence-electron chi connectivity index (χ2n) is 6.72. The number of aryl methyl sites for hydroxylation is 1. The number of rotatable bonds is 5. The van der Waals surface area contributed by atoms with Crippen LogP contribution in [-0.2, 0) is 4.74 Å². The lowest BCUT2D eigenvalue weighted by Gasteiger charge is -2.33. The Balaban J connectivity index is 1.35. The molecule has 2 saturated heterocycles. The monoisotopic (exact) mass is 332 g/mol. The predicted molar refractivity (Wildman–Crippen MR) is 94.3 cm³/mol. The molecule has 2 aliphatic rings. The normalized spacial score (nSPS) is 21.7. The molecule has 2 N–H and O–H groups in total. The van der Waals surface area contributed by atoms with E-state index >= 15 is 0 Å². The lowest BCUT2D eigenvalue weighted by atomic mass is 10.1. The molecule has 3 heterocycles. The van der Waals surface area contributed by atoms with Crippen molar-refractivity contribution in [2.45, 2.75) is 51.2 Å². The Morgan fingerprint density at radius 1 is 1.33 bits per heavy atom.